The van der Waals surface area contributed by atoms with Crippen molar-refractivity contribution in [3.05, 3.63) is 77.9 Å². The monoisotopic (exact) mass is 326 g/mol. The predicted octanol–water partition coefficient (Wildman–Crippen LogP) is 6.18. The molecule has 2 aromatic rings. The Morgan fingerprint density at radius 2 is 1.86 bits per heavy atom. The summed E-state index contributed by atoms with van der Waals surface area (Å²) in [5.41, 5.74) is 6.14. The average Bonchev–Trinajstić information content (AvgIpc) is 2.50. The maximum atomic E-state index is 4.49. The molecule has 0 aliphatic carbocycles. The van der Waals surface area contributed by atoms with Crippen LogP contribution >= 0.6 is 25.3 Å². The van der Waals surface area contributed by atoms with Gasteiger partial charge in [-0.15, -0.1) is 31.8 Å². The Morgan fingerprint density at radius 1 is 1.14 bits per heavy atom. The van der Waals surface area contributed by atoms with Crippen LogP contribution in [-0.2, 0) is 6.42 Å². The highest BCUT2D eigenvalue weighted by atomic mass is 32.1. The third-order valence-corrected chi connectivity index (χ3v) is 4.91. The van der Waals surface area contributed by atoms with Gasteiger partial charge in [0, 0.05) is 15.7 Å². The van der Waals surface area contributed by atoms with Crippen molar-refractivity contribution in [3.8, 4) is 0 Å². The zero-order valence-corrected chi connectivity index (χ0v) is 14.9. The normalized spacial score (nSPS) is 12.0. The topological polar surface area (TPSA) is 0 Å². The summed E-state index contributed by atoms with van der Waals surface area (Å²) in [7, 11) is 0. The first kappa shape index (κ1) is 17.0. The number of hydrogen-bond donors (Lipinski definition) is 2. The first-order valence-corrected chi connectivity index (χ1v) is 8.25. The second-order valence-corrected chi connectivity index (χ2v) is 6.62. The maximum absolute atomic E-state index is 4.49. The largest absolute Gasteiger partial charge is 0.142 e. The van der Waals surface area contributed by atoms with Gasteiger partial charge in [-0.05, 0) is 47.7 Å². The highest BCUT2D eigenvalue weighted by molar-refractivity contribution is 7.83. The molecule has 0 amide bonds. The molecule has 2 aromatic carbocycles. The third kappa shape index (κ3) is 3.68. The van der Waals surface area contributed by atoms with Gasteiger partial charge in [0.15, 0.2) is 0 Å². The molecular formula is C20H22S2. The standard InChI is InChI=1S/C20H22S2/c1-5-6-15-7-8-16(13(2)3)11-18(15)14(4)17-9-10-19(21)20(22)12-17/h5,7-12,14,21-22H,1-2,6H2,3-4H3. The fourth-order valence-corrected chi connectivity index (χ4v) is 2.96. The van der Waals surface area contributed by atoms with Crippen LogP contribution in [0.15, 0.2) is 65.4 Å². The van der Waals surface area contributed by atoms with Crippen LogP contribution in [0.4, 0.5) is 0 Å². The highest BCUT2D eigenvalue weighted by Crippen LogP contribution is 2.32. The van der Waals surface area contributed by atoms with Crippen LogP contribution in [0.5, 0.6) is 0 Å². The fourth-order valence-electron chi connectivity index (χ4n) is 2.59. The van der Waals surface area contributed by atoms with Crippen molar-refractivity contribution >= 4 is 30.8 Å². The molecule has 0 bridgehead atoms. The smallest absolute Gasteiger partial charge is 0.0177 e. The molecule has 1 unspecified atom stereocenters. The SMILES string of the molecule is C=CCc1ccc(C(=C)C)cc1C(C)c1ccc(S)c(S)c1. The van der Waals surface area contributed by atoms with Gasteiger partial charge in [-0.1, -0.05) is 49.4 Å². The summed E-state index contributed by atoms with van der Waals surface area (Å²) in [6, 6.07) is 12.8. The average molecular weight is 327 g/mol. The lowest BCUT2D eigenvalue weighted by Crippen LogP contribution is -2.02. The van der Waals surface area contributed by atoms with Crippen LogP contribution in [-0.4, -0.2) is 0 Å². The van der Waals surface area contributed by atoms with Gasteiger partial charge in [0.2, 0.25) is 0 Å². The Bertz CT molecular complexity index is 714. The van der Waals surface area contributed by atoms with E-state index in [2.05, 4.69) is 75.7 Å². The fraction of sp³-hybridized carbons (Fsp3) is 0.200. The van der Waals surface area contributed by atoms with Gasteiger partial charge >= 0.3 is 0 Å². The van der Waals surface area contributed by atoms with Gasteiger partial charge in [-0.25, -0.2) is 0 Å². The Labute approximate surface area is 144 Å². The molecule has 0 saturated heterocycles. The van der Waals surface area contributed by atoms with E-state index in [4.69, 9.17) is 0 Å². The molecule has 0 aliphatic rings. The van der Waals surface area contributed by atoms with Crippen molar-refractivity contribution in [2.75, 3.05) is 0 Å². The quantitative estimate of drug-likeness (QED) is 0.476. The molecule has 0 heterocycles. The molecule has 0 aliphatic heterocycles. The summed E-state index contributed by atoms with van der Waals surface area (Å²) in [4.78, 5) is 1.82. The van der Waals surface area contributed by atoms with E-state index < -0.39 is 0 Å². The van der Waals surface area contributed by atoms with E-state index in [0.29, 0.717) is 0 Å². The van der Waals surface area contributed by atoms with Crippen LogP contribution in [0.25, 0.3) is 5.57 Å². The van der Waals surface area contributed by atoms with Crippen LogP contribution in [0.1, 0.15) is 42.0 Å². The summed E-state index contributed by atoms with van der Waals surface area (Å²) in [5.74, 6) is 0.286. The van der Waals surface area contributed by atoms with Gasteiger partial charge in [0.25, 0.3) is 0 Å². The van der Waals surface area contributed by atoms with Crippen LogP contribution < -0.4 is 0 Å². The van der Waals surface area contributed by atoms with Crippen molar-refractivity contribution in [1.82, 2.24) is 0 Å². The summed E-state index contributed by atoms with van der Waals surface area (Å²) in [6.45, 7) is 12.2. The predicted molar refractivity (Wildman–Crippen MR) is 104 cm³/mol. The lowest BCUT2D eigenvalue weighted by molar-refractivity contribution is 0.892. The maximum Gasteiger partial charge on any atom is 0.0177 e. The lowest BCUT2D eigenvalue weighted by Gasteiger charge is -2.19. The molecule has 0 aromatic heterocycles. The van der Waals surface area contributed by atoms with E-state index in [1.54, 1.807) is 0 Å². The molecule has 0 nitrogen and oxygen atoms in total. The second kappa shape index (κ2) is 7.26. The van der Waals surface area contributed by atoms with Crippen molar-refractivity contribution < 1.29 is 0 Å². The minimum atomic E-state index is 0.286. The molecule has 0 fully saturated rings. The Kier molecular flexibility index (Phi) is 5.60. The summed E-state index contributed by atoms with van der Waals surface area (Å²) in [6.07, 6.45) is 2.82. The highest BCUT2D eigenvalue weighted by Gasteiger charge is 2.14. The van der Waals surface area contributed by atoms with Crippen molar-refractivity contribution in [2.45, 2.75) is 36.0 Å². The summed E-state index contributed by atoms with van der Waals surface area (Å²) in [5, 5.41) is 0. The van der Waals surface area contributed by atoms with Gasteiger partial charge < -0.3 is 0 Å². The van der Waals surface area contributed by atoms with Crippen LogP contribution in [0.3, 0.4) is 0 Å². The van der Waals surface area contributed by atoms with Gasteiger partial charge in [0.1, 0.15) is 0 Å². The lowest BCUT2D eigenvalue weighted by atomic mass is 9.86. The molecule has 22 heavy (non-hydrogen) atoms. The molecular weight excluding hydrogens is 304 g/mol. The van der Waals surface area contributed by atoms with Crippen LogP contribution in [0, 0.1) is 0 Å². The van der Waals surface area contributed by atoms with Gasteiger partial charge in [-0.2, -0.15) is 0 Å². The van der Waals surface area contributed by atoms with Crippen LogP contribution in [0.2, 0.25) is 0 Å². The van der Waals surface area contributed by atoms with E-state index in [9.17, 15) is 0 Å². The Hall–Kier alpha value is -1.38. The minimum Gasteiger partial charge on any atom is -0.142 e. The first-order chi connectivity index (χ1) is 10.4. The third-order valence-electron chi connectivity index (χ3n) is 3.97. The van der Waals surface area contributed by atoms with Crippen molar-refractivity contribution in [3.63, 3.8) is 0 Å². The number of hydrogen-bond acceptors (Lipinski definition) is 2. The molecule has 0 radical (unpaired) electrons. The zero-order chi connectivity index (χ0) is 16.3. The van der Waals surface area contributed by atoms with E-state index >= 15 is 0 Å². The number of benzene rings is 2. The van der Waals surface area contributed by atoms with E-state index in [0.717, 1.165) is 21.8 Å². The summed E-state index contributed by atoms with van der Waals surface area (Å²) >= 11 is 8.88. The molecule has 2 rings (SSSR count). The van der Waals surface area contributed by atoms with Crippen molar-refractivity contribution in [2.24, 2.45) is 0 Å². The zero-order valence-electron chi connectivity index (χ0n) is 13.1. The van der Waals surface area contributed by atoms with Gasteiger partial charge in [0.05, 0.1) is 0 Å². The first-order valence-electron chi connectivity index (χ1n) is 7.35. The van der Waals surface area contributed by atoms with E-state index in [1.165, 1.54) is 22.3 Å². The van der Waals surface area contributed by atoms with E-state index in [-0.39, 0.29) is 5.92 Å². The van der Waals surface area contributed by atoms with E-state index in [1.807, 2.05) is 19.1 Å². The number of thiol groups is 2. The second-order valence-electron chi connectivity index (χ2n) is 5.66. The molecule has 2 heteroatoms. The Morgan fingerprint density at radius 3 is 2.45 bits per heavy atom. The number of allylic oxidation sites excluding steroid dienone is 2. The van der Waals surface area contributed by atoms with Gasteiger partial charge in [-0.3, -0.25) is 0 Å². The number of rotatable bonds is 5. The molecule has 0 saturated carbocycles. The molecule has 1 atom stereocenters. The summed E-state index contributed by atoms with van der Waals surface area (Å²) < 4.78 is 0. The van der Waals surface area contributed by atoms with Crippen molar-refractivity contribution in [1.29, 1.82) is 0 Å². The molecule has 114 valence electrons. The molecule has 0 N–H and O–H groups in total. The Balaban J connectivity index is 2.51. The minimum absolute atomic E-state index is 0.286. The molecule has 0 spiro atoms.